The van der Waals surface area contributed by atoms with Crippen molar-refractivity contribution >= 4 is 41.2 Å². The number of hydrogen-bond donors (Lipinski definition) is 2. The van der Waals surface area contributed by atoms with Crippen molar-refractivity contribution in [2.75, 3.05) is 13.2 Å². The van der Waals surface area contributed by atoms with Gasteiger partial charge in [-0.05, 0) is 31.5 Å². The van der Waals surface area contributed by atoms with E-state index in [2.05, 4.69) is 10.6 Å². The third-order valence-corrected chi connectivity index (χ3v) is 4.18. The number of amides is 2. The molecule has 9 heteroatoms. The Kier molecular flexibility index (Phi) is 6.88. The van der Waals surface area contributed by atoms with Crippen LogP contribution < -0.4 is 10.6 Å². The van der Waals surface area contributed by atoms with Gasteiger partial charge in [-0.25, -0.2) is 9.59 Å². The van der Waals surface area contributed by atoms with Gasteiger partial charge in [0.15, 0.2) is 0 Å². The van der Waals surface area contributed by atoms with Gasteiger partial charge in [-0.2, -0.15) is 0 Å². The van der Waals surface area contributed by atoms with E-state index in [9.17, 15) is 14.4 Å². The monoisotopic (exact) mass is 400 g/mol. The first-order valence-corrected chi connectivity index (χ1v) is 8.64. The van der Waals surface area contributed by atoms with E-state index in [4.69, 9.17) is 32.7 Å². The Labute approximate surface area is 160 Å². The van der Waals surface area contributed by atoms with E-state index in [0.717, 1.165) is 0 Å². The summed E-state index contributed by atoms with van der Waals surface area (Å²) >= 11 is 11.9. The first-order valence-electron chi connectivity index (χ1n) is 7.89. The van der Waals surface area contributed by atoms with Gasteiger partial charge in [-0.15, -0.1) is 0 Å². The highest BCUT2D eigenvalue weighted by Crippen LogP contribution is 2.22. The van der Waals surface area contributed by atoms with Crippen LogP contribution in [-0.4, -0.2) is 37.2 Å². The number of carbonyl (C=O) groups is 3. The average molecular weight is 401 g/mol. The summed E-state index contributed by atoms with van der Waals surface area (Å²) in [6, 6.07) is 3.72. The van der Waals surface area contributed by atoms with E-state index >= 15 is 0 Å². The number of carbonyl (C=O) groups excluding carboxylic acids is 3. The third kappa shape index (κ3) is 5.12. The molecule has 1 aromatic rings. The zero-order valence-electron chi connectivity index (χ0n) is 14.2. The van der Waals surface area contributed by atoms with Crippen molar-refractivity contribution in [1.29, 1.82) is 0 Å². The molecule has 0 aliphatic carbocycles. The number of ether oxygens (including phenoxy) is 2. The minimum Gasteiger partial charge on any atom is -0.463 e. The van der Waals surface area contributed by atoms with E-state index in [0.29, 0.717) is 15.6 Å². The second-order valence-corrected chi connectivity index (χ2v) is 6.35. The molecule has 2 rings (SSSR count). The van der Waals surface area contributed by atoms with Crippen LogP contribution in [0.4, 0.5) is 4.79 Å². The minimum atomic E-state index is -0.584. The highest BCUT2D eigenvalue weighted by Gasteiger charge is 2.30. The average Bonchev–Trinajstić information content (AvgIpc) is 2.55. The Bertz CT molecular complexity index is 764. The fraction of sp³-hybridized carbons (Fsp3) is 0.353. The second-order valence-electron chi connectivity index (χ2n) is 5.51. The zero-order valence-corrected chi connectivity index (χ0v) is 15.7. The van der Waals surface area contributed by atoms with Crippen LogP contribution in [-0.2, 0) is 25.5 Å². The molecule has 7 nitrogen and oxygen atoms in total. The Balaban J connectivity index is 2.08. The molecule has 0 saturated heterocycles. The van der Waals surface area contributed by atoms with Crippen LogP contribution in [0.25, 0.3) is 0 Å². The van der Waals surface area contributed by atoms with Crippen molar-refractivity contribution in [2.45, 2.75) is 26.3 Å². The zero-order chi connectivity index (χ0) is 19.3. The maximum atomic E-state index is 12.1. The van der Waals surface area contributed by atoms with Gasteiger partial charge in [0, 0.05) is 10.0 Å². The summed E-state index contributed by atoms with van der Waals surface area (Å²) < 4.78 is 10.2. The molecule has 2 N–H and O–H groups in total. The molecule has 0 bridgehead atoms. The summed E-state index contributed by atoms with van der Waals surface area (Å²) in [6.45, 7) is 3.23. The van der Waals surface area contributed by atoms with E-state index < -0.39 is 24.0 Å². The molecule has 1 aliphatic rings. The molecular weight excluding hydrogens is 383 g/mol. The predicted octanol–water partition coefficient (Wildman–Crippen LogP) is 2.60. The van der Waals surface area contributed by atoms with Crippen molar-refractivity contribution in [1.82, 2.24) is 10.6 Å². The fourth-order valence-corrected chi connectivity index (χ4v) is 2.89. The van der Waals surface area contributed by atoms with Crippen molar-refractivity contribution in [2.24, 2.45) is 0 Å². The quantitative estimate of drug-likeness (QED) is 0.715. The summed E-state index contributed by atoms with van der Waals surface area (Å²) in [5.74, 6) is -1.15. The van der Waals surface area contributed by atoms with Crippen molar-refractivity contribution < 1.29 is 23.9 Å². The van der Waals surface area contributed by atoms with E-state index in [1.54, 1.807) is 26.0 Å². The molecule has 1 atom stereocenters. The molecule has 26 heavy (non-hydrogen) atoms. The maximum Gasteiger partial charge on any atom is 0.338 e. The number of nitrogens with one attached hydrogen (secondary N) is 2. The number of urea groups is 1. The Hall–Kier alpha value is -2.25. The van der Waals surface area contributed by atoms with Crippen LogP contribution in [0.2, 0.25) is 10.0 Å². The number of rotatable bonds is 6. The van der Waals surface area contributed by atoms with E-state index in [1.807, 2.05) is 0 Å². The SMILES string of the molecule is CCOC(=O)C1=C(COC(=O)Cc2ccc(Cl)cc2Cl)NC(=O)NC1C. The summed E-state index contributed by atoms with van der Waals surface area (Å²) in [5.41, 5.74) is 0.961. The van der Waals surface area contributed by atoms with Crippen LogP contribution in [0.5, 0.6) is 0 Å². The molecule has 1 aliphatic heterocycles. The molecule has 0 radical (unpaired) electrons. The molecule has 0 saturated carbocycles. The Morgan fingerprint density at radius 3 is 2.62 bits per heavy atom. The lowest BCUT2D eigenvalue weighted by molar-refractivity contribution is -0.143. The van der Waals surface area contributed by atoms with Crippen LogP contribution in [0.1, 0.15) is 19.4 Å². The van der Waals surface area contributed by atoms with Gasteiger partial charge in [-0.3, -0.25) is 4.79 Å². The van der Waals surface area contributed by atoms with Crippen molar-refractivity contribution in [3.63, 3.8) is 0 Å². The molecule has 0 spiro atoms. The van der Waals surface area contributed by atoms with Gasteiger partial charge in [0.25, 0.3) is 0 Å². The number of esters is 2. The molecule has 0 aromatic heterocycles. The largest absolute Gasteiger partial charge is 0.463 e. The molecule has 1 unspecified atom stereocenters. The van der Waals surface area contributed by atoms with E-state index in [-0.39, 0.29) is 30.9 Å². The lowest BCUT2D eigenvalue weighted by Gasteiger charge is -2.26. The Morgan fingerprint density at radius 1 is 1.23 bits per heavy atom. The fourth-order valence-electron chi connectivity index (χ4n) is 2.42. The topological polar surface area (TPSA) is 93.7 Å². The smallest absolute Gasteiger partial charge is 0.338 e. The molecule has 1 heterocycles. The van der Waals surface area contributed by atoms with E-state index in [1.165, 1.54) is 6.07 Å². The molecule has 1 aromatic carbocycles. The maximum absolute atomic E-state index is 12.1. The van der Waals surface area contributed by atoms with Gasteiger partial charge < -0.3 is 20.1 Å². The van der Waals surface area contributed by atoms with Crippen LogP contribution >= 0.6 is 23.2 Å². The lowest BCUT2D eigenvalue weighted by Crippen LogP contribution is -2.50. The van der Waals surface area contributed by atoms with Crippen molar-refractivity contribution in [3.8, 4) is 0 Å². The third-order valence-electron chi connectivity index (χ3n) is 3.59. The number of benzene rings is 1. The molecule has 140 valence electrons. The summed E-state index contributed by atoms with van der Waals surface area (Å²) in [6.07, 6.45) is -0.0697. The highest BCUT2D eigenvalue weighted by molar-refractivity contribution is 6.35. The Morgan fingerprint density at radius 2 is 1.96 bits per heavy atom. The van der Waals surface area contributed by atoms with Crippen LogP contribution in [0.15, 0.2) is 29.5 Å². The highest BCUT2D eigenvalue weighted by atomic mass is 35.5. The number of hydrogen-bond acceptors (Lipinski definition) is 5. The first kappa shape index (κ1) is 20.1. The summed E-state index contributed by atoms with van der Waals surface area (Å²) in [4.78, 5) is 35.8. The molecular formula is C17H18Cl2N2O5. The predicted molar refractivity (Wildman–Crippen MR) is 95.9 cm³/mol. The second kappa shape index (κ2) is 8.91. The summed E-state index contributed by atoms with van der Waals surface area (Å²) in [5, 5.41) is 5.85. The van der Waals surface area contributed by atoms with Crippen LogP contribution in [0.3, 0.4) is 0 Å². The van der Waals surface area contributed by atoms with Crippen LogP contribution in [0, 0.1) is 0 Å². The molecule has 0 fully saturated rings. The molecule has 2 amide bonds. The van der Waals surface area contributed by atoms with Crippen molar-refractivity contribution in [3.05, 3.63) is 45.1 Å². The minimum absolute atomic E-state index is 0.0697. The summed E-state index contributed by atoms with van der Waals surface area (Å²) in [7, 11) is 0. The van der Waals surface area contributed by atoms with Gasteiger partial charge in [0.2, 0.25) is 0 Å². The normalized spacial score (nSPS) is 16.6. The van der Waals surface area contributed by atoms with Gasteiger partial charge in [0.05, 0.1) is 30.3 Å². The first-order chi connectivity index (χ1) is 12.3. The number of halogens is 2. The standard InChI is InChI=1S/C17H18Cl2N2O5/c1-3-25-16(23)15-9(2)20-17(24)21-13(15)8-26-14(22)6-10-4-5-11(18)7-12(10)19/h4-5,7,9H,3,6,8H2,1-2H3,(H2,20,21,24). The lowest BCUT2D eigenvalue weighted by atomic mass is 10.0. The van der Waals surface area contributed by atoms with Gasteiger partial charge in [0.1, 0.15) is 6.61 Å². The van der Waals surface area contributed by atoms with Gasteiger partial charge >= 0.3 is 18.0 Å². The van der Waals surface area contributed by atoms with Gasteiger partial charge in [-0.1, -0.05) is 29.3 Å².